The number of amides is 1. The van der Waals surface area contributed by atoms with Gasteiger partial charge in [-0.15, -0.1) is 0 Å². The summed E-state index contributed by atoms with van der Waals surface area (Å²) in [6, 6.07) is 4.90. The lowest BCUT2D eigenvalue weighted by Gasteiger charge is -2.45. The topological polar surface area (TPSA) is 35.6 Å². The van der Waals surface area contributed by atoms with Crippen LogP contribution in [0.3, 0.4) is 0 Å². The number of hydrogen-bond acceptors (Lipinski definition) is 3. The van der Waals surface area contributed by atoms with Gasteiger partial charge in [0, 0.05) is 31.2 Å². The zero-order valence-electron chi connectivity index (χ0n) is 15.5. The van der Waals surface area contributed by atoms with E-state index in [4.69, 9.17) is 0 Å². The molecule has 4 nitrogen and oxygen atoms in total. The van der Waals surface area contributed by atoms with Crippen molar-refractivity contribution in [1.82, 2.24) is 15.1 Å². The Balaban J connectivity index is 2.17. The number of aryl methyl sites for hydroxylation is 1. The highest BCUT2D eigenvalue weighted by molar-refractivity contribution is 5.96. The zero-order valence-corrected chi connectivity index (χ0v) is 15.5. The van der Waals surface area contributed by atoms with E-state index in [1.165, 1.54) is 12.1 Å². The van der Waals surface area contributed by atoms with Crippen LogP contribution in [0.5, 0.6) is 0 Å². The van der Waals surface area contributed by atoms with Crippen LogP contribution in [0.2, 0.25) is 0 Å². The molecule has 1 saturated heterocycles. The van der Waals surface area contributed by atoms with Crippen LogP contribution >= 0.6 is 0 Å². The first-order valence-electron chi connectivity index (χ1n) is 8.70. The van der Waals surface area contributed by atoms with Gasteiger partial charge in [0.1, 0.15) is 5.82 Å². The van der Waals surface area contributed by atoms with Crippen LogP contribution in [0.15, 0.2) is 18.2 Å². The molecule has 1 N–H and O–H groups in total. The Bertz CT molecular complexity index is 578. The lowest BCUT2D eigenvalue weighted by atomic mass is 9.85. The maximum absolute atomic E-state index is 13.5. The molecule has 1 aliphatic heterocycles. The second-order valence-electron chi connectivity index (χ2n) is 7.56. The second kappa shape index (κ2) is 7.62. The van der Waals surface area contributed by atoms with Crippen molar-refractivity contribution in [3.63, 3.8) is 0 Å². The average Bonchev–Trinajstić information content (AvgIpc) is 2.49. The number of benzene rings is 1. The molecule has 0 unspecified atom stereocenters. The molecule has 0 bridgehead atoms. The number of likely N-dealkylation sites (N-methyl/N-ethyl adjacent to an activating group) is 1. The van der Waals surface area contributed by atoms with Gasteiger partial charge in [-0.2, -0.15) is 0 Å². The molecule has 0 saturated carbocycles. The van der Waals surface area contributed by atoms with Crippen LogP contribution in [0.4, 0.5) is 4.39 Å². The van der Waals surface area contributed by atoms with E-state index in [-0.39, 0.29) is 17.3 Å². The molecule has 0 spiro atoms. The van der Waals surface area contributed by atoms with Crippen LogP contribution in [-0.2, 0) is 0 Å². The first-order valence-corrected chi connectivity index (χ1v) is 8.70. The van der Waals surface area contributed by atoms with E-state index in [9.17, 15) is 9.18 Å². The van der Waals surface area contributed by atoms with Crippen molar-refractivity contribution in [2.45, 2.75) is 45.2 Å². The predicted molar refractivity (Wildman–Crippen MR) is 95.8 cm³/mol. The summed E-state index contributed by atoms with van der Waals surface area (Å²) in [6.45, 7) is 8.97. The van der Waals surface area contributed by atoms with Crippen molar-refractivity contribution in [1.29, 1.82) is 0 Å². The lowest BCUT2D eigenvalue weighted by molar-refractivity contribution is 0.0692. The van der Waals surface area contributed by atoms with E-state index in [1.807, 2.05) is 21.0 Å². The smallest absolute Gasteiger partial charge is 0.252 e. The van der Waals surface area contributed by atoms with E-state index in [1.54, 1.807) is 6.07 Å². The number of nitrogens with zero attached hydrogens (tertiary/aromatic N) is 2. The monoisotopic (exact) mass is 335 g/mol. The summed E-state index contributed by atoms with van der Waals surface area (Å²) in [5.41, 5.74) is 0.970. The molecule has 1 aliphatic rings. The van der Waals surface area contributed by atoms with Crippen LogP contribution in [0.25, 0.3) is 0 Å². The van der Waals surface area contributed by atoms with Gasteiger partial charge < -0.3 is 15.1 Å². The standard InChI is InChI=1S/C19H30FN3O/c1-14(2)23-10-8-19(9-11-23,13-22(4)5)21-18(24)17-12-16(20)7-6-15(17)3/h6-7,12,14H,8-11,13H2,1-5H3,(H,21,24). The van der Waals surface area contributed by atoms with Gasteiger partial charge in [0.05, 0.1) is 5.54 Å². The van der Waals surface area contributed by atoms with Gasteiger partial charge in [0.25, 0.3) is 5.91 Å². The highest BCUT2D eigenvalue weighted by Gasteiger charge is 2.37. The van der Waals surface area contributed by atoms with Gasteiger partial charge in [0.2, 0.25) is 0 Å². The number of hydrogen-bond donors (Lipinski definition) is 1. The van der Waals surface area contributed by atoms with Crippen molar-refractivity contribution in [3.05, 3.63) is 35.1 Å². The van der Waals surface area contributed by atoms with Gasteiger partial charge in [0.15, 0.2) is 0 Å². The molecule has 1 aromatic rings. The number of carbonyl (C=O) groups is 1. The highest BCUT2D eigenvalue weighted by Crippen LogP contribution is 2.25. The molecule has 1 aromatic carbocycles. The normalized spacial score (nSPS) is 18.2. The molecule has 0 radical (unpaired) electrons. The zero-order chi connectivity index (χ0) is 17.9. The van der Waals surface area contributed by atoms with E-state index < -0.39 is 0 Å². The number of nitrogens with one attached hydrogen (secondary N) is 1. The summed E-state index contributed by atoms with van der Waals surface area (Å²) in [7, 11) is 4.05. The summed E-state index contributed by atoms with van der Waals surface area (Å²) in [5.74, 6) is -0.547. The lowest BCUT2D eigenvalue weighted by Crippen LogP contribution is -2.60. The molecule has 1 heterocycles. The first-order chi connectivity index (χ1) is 11.2. The van der Waals surface area contributed by atoms with Gasteiger partial charge in [-0.1, -0.05) is 6.07 Å². The molecule has 24 heavy (non-hydrogen) atoms. The van der Waals surface area contributed by atoms with Crippen LogP contribution < -0.4 is 5.32 Å². The molecule has 0 atom stereocenters. The number of carbonyl (C=O) groups excluding carboxylic acids is 1. The Labute approximate surface area is 145 Å². The third kappa shape index (κ3) is 4.54. The summed E-state index contributed by atoms with van der Waals surface area (Å²) in [5, 5.41) is 3.23. The fraction of sp³-hybridized carbons (Fsp3) is 0.632. The Kier molecular flexibility index (Phi) is 5.99. The van der Waals surface area contributed by atoms with Crippen LogP contribution in [0, 0.1) is 12.7 Å². The van der Waals surface area contributed by atoms with E-state index in [0.717, 1.165) is 38.0 Å². The summed E-state index contributed by atoms with van der Waals surface area (Å²) < 4.78 is 13.5. The first kappa shape index (κ1) is 18.9. The molecule has 5 heteroatoms. The van der Waals surface area contributed by atoms with Crippen molar-refractivity contribution in [2.75, 3.05) is 33.7 Å². The fourth-order valence-corrected chi connectivity index (χ4v) is 3.54. The number of likely N-dealkylation sites (tertiary alicyclic amines) is 1. The van der Waals surface area contributed by atoms with Gasteiger partial charge in [-0.25, -0.2) is 4.39 Å². The van der Waals surface area contributed by atoms with Crippen molar-refractivity contribution >= 4 is 5.91 Å². The van der Waals surface area contributed by atoms with Gasteiger partial charge in [-0.3, -0.25) is 4.79 Å². The average molecular weight is 335 g/mol. The van der Waals surface area contributed by atoms with E-state index >= 15 is 0 Å². The minimum Gasteiger partial charge on any atom is -0.345 e. The summed E-state index contributed by atoms with van der Waals surface area (Å²) in [4.78, 5) is 17.3. The molecule has 2 rings (SSSR count). The summed E-state index contributed by atoms with van der Waals surface area (Å²) >= 11 is 0. The van der Waals surface area contributed by atoms with E-state index in [2.05, 4.69) is 29.0 Å². The van der Waals surface area contributed by atoms with Gasteiger partial charge >= 0.3 is 0 Å². The minimum absolute atomic E-state index is 0.174. The molecule has 1 amide bonds. The molecular weight excluding hydrogens is 305 g/mol. The third-order valence-corrected chi connectivity index (χ3v) is 4.93. The quantitative estimate of drug-likeness (QED) is 0.899. The molecule has 0 aliphatic carbocycles. The molecule has 1 fully saturated rings. The van der Waals surface area contributed by atoms with Crippen molar-refractivity contribution < 1.29 is 9.18 Å². The number of rotatable bonds is 5. The van der Waals surface area contributed by atoms with Crippen molar-refractivity contribution in [2.24, 2.45) is 0 Å². The Morgan fingerprint density at radius 3 is 2.50 bits per heavy atom. The fourth-order valence-electron chi connectivity index (χ4n) is 3.54. The van der Waals surface area contributed by atoms with Gasteiger partial charge in [-0.05, 0) is 65.4 Å². The molecule has 134 valence electrons. The maximum atomic E-state index is 13.5. The van der Waals surface area contributed by atoms with Crippen LogP contribution in [0.1, 0.15) is 42.6 Å². The number of halogens is 1. The predicted octanol–water partition coefficient (Wildman–Crippen LogP) is 2.67. The Hall–Kier alpha value is -1.46. The van der Waals surface area contributed by atoms with Crippen LogP contribution in [-0.4, -0.2) is 61.0 Å². The SMILES string of the molecule is Cc1ccc(F)cc1C(=O)NC1(CN(C)C)CCN(C(C)C)CC1. The number of piperidine rings is 1. The van der Waals surface area contributed by atoms with Crippen molar-refractivity contribution in [3.8, 4) is 0 Å². The third-order valence-electron chi connectivity index (χ3n) is 4.93. The summed E-state index contributed by atoms with van der Waals surface area (Å²) in [6.07, 6.45) is 1.81. The minimum atomic E-state index is -0.373. The largest absolute Gasteiger partial charge is 0.345 e. The Morgan fingerprint density at radius 2 is 1.96 bits per heavy atom. The van der Waals surface area contributed by atoms with E-state index in [0.29, 0.717) is 11.6 Å². The molecule has 0 aromatic heterocycles. The maximum Gasteiger partial charge on any atom is 0.252 e. The Morgan fingerprint density at radius 1 is 1.33 bits per heavy atom. The molecular formula is C19H30FN3O. The second-order valence-corrected chi connectivity index (χ2v) is 7.56. The highest BCUT2D eigenvalue weighted by atomic mass is 19.1.